The van der Waals surface area contributed by atoms with Crippen molar-refractivity contribution in [3.8, 4) is 5.75 Å². The summed E-state index contributed by atoms with van der Waals surface area (Å²) in [5.74, 6) is 0.474. The molecular weight excluding hydrogens is 311 g/mol. The normalized spacial score (nSPS) is 10.2. The SMILES string of the molecule is Nc1cc(C(=O)NCCOc2ccccc2)cc(Cl)c1Cl. The molecule has 2 aromatic carbocycles. The van der Waals surface area contributed by atoms with Crippen molar-refractivity contribution < 1.29 is 9.53 Å². The number of anilines is 1. The summed E-state index contributed by atoms with van der Waals surface area (Å²) in [5, 5.41) is 3.22. The highest BCUT2D eigenvalue weighted by Gasteiger charge is 2.10. The molecule has 0 spiro atoms. The molecule has 6 heteroatoms. The van der Waals surface area contributed by atoms with Gasteiger partial charge < -0.3 is 15.8 Å². The van der Waals surface area contributed by atoms with Crippen molar-refractivity contribution in [3.05, 3.63) is 58.1 Å². The van der Waals surface area contributed by atoms with Crippen LogP contribution in [-0.2, 0) is 0 Å². The van der Waals surface area contributed by atoms with Crippen LogP contribution < -0.4 is 15.8 Å². The predicted octanol–water partition coefficient (Wildman–Crippen LogP) is 3.38. The monoisotopic (exact) mass is 324 g/mol. The number of ether oxygens (including phenoxy) is 1. The quantitative estimate of drug-likeness (QED) is 0.654. The minimum Gasteiger partial charge on any atom is -0.492 e. The Morgan fingerprint density at radius 2 is 1.90 bits per heavy atom. The number of halogens is 2. The molecule has 3 N–H and O–H groups in total. The van der Waals surface area contributed by atoms with E-state index in [2.05, 4.69) is 5.32 Å². The van der Waals surface area contributed by atoms with Crippen molar-refractivity contribution in [3.63, 3.8) is 0 Å². The van der Waals surface area contributed by atoms with Gasteiger partial charge in [-0.1, -0.05) is 41.4 Å². The fourth-order valence-corrected chi connectivity index (χ4v) is 2.03. The number of amides is 1. The first-order valence-electron chi connectivity index (χ1n) is 6.28. The van der Waals surface area contributed by atoms with E-state index in [0.29, 0.717) is 18.7 Å². The summed E-state index contributed by atoms with van der Waals surface area (Å²) in [4.78, 5) is 11.9. The number of hydrogen-bond donors (Lipinski definition) is 2. The number of para-hydroxylation sites is 1. The molecule has 0 saturated heterocycles. The maximum Gasteiger partial charge on any atom is 0.251 e. The molecule has 0 aromatic heterocycles. The molecule has 0 aliphatic carbocycles. The Morgan fingerprint density at radius 3 is 2.57 bits per heavy atom. The third-order valence-electron chi connectivity index (χ3n) is 2.72. The van der Waals surface area contributed by atoms with Gasteiger partial charge in [0.15, 0.2) is 0 Å². The molecule has 0 fully saturated rings. The zero-order valence-electron chi connectivity index (χ0n) is 11.1. The van der Waals surface area contributed by atoms with Gasteiger partial charge in [-0.3, -0.25) is 4.79 Å². The summed E-state index contributed by atoms with van der Waals surface area (Å²) >= 11 is 11.7. The molecule has 0 aliphatic heterocycles. The summed E-state index contributed by atoms with van der Waals surface area (Å²) in [6.07, 6.45) is 0. The summed E-state index contributed by atoms with van der Waals surface area (Å²) in [5.41, 5.74) is 6.30. The van der Waals surface area contributed by atoms with Crippen LogP contribution in [-0.4, -0.2) is 19.1 Å². The van der Waals surface area contributed by atoms with E-state index in [1.54, 1.807) is 0 Å². The lowest BCUT2D eigenvalue weighted by Gasteiger charge is -2.09. The number of benzene rings is 2. The number of carbonyl (C=O) groups is 1. The number of nitrogen functional groups attached to an aromatic ring is 1. The molecule has 0 radical (unpaired) electrons. The average Bonchev–Trinajstić information content (AvgIpc) is 2.49. The molecule has 0 bridgehead atoms. The van der Waals surface area contributed by atoms with Crippen molar-refractivity contribution in [1.29, 1.82) is 0 Å². The van der Waals surface area contributed by atoms with Gasteiger partial charge in [0.2, 0.25) is 0 Å². The first kappa shape index (κ1) is 15.5. The van der Waals surface area contributed by atoms with E-state index in [0.717, 1.165) is 5.75 Å². The van der Waals surface area contributed by atoms with Crippen LogP contribution in [0, 0.1) is 0 Å². The molecule has 110 valence electrons. The van der Waals surface area contributed by atoms with Gasteiger partial charge in [-0.25, -0.2) is 0 Å². The fraction of sp³-hybridized carbons (Fsp3) is 0.133. The number of hydrogen-bond acceptors (Lipinski definition) is 3. The van der Waals surface area contributed by atoms with Crippen LogP contribution in [0.2, 0.25) is 10.0 Å². The molecule has 0 aliphatic rings. The Bertz CT molecular complexity index is 610. The molecule has 1 amide bonds. The van der Waals surface area contributed by atoms with Crippen molar-refractivity contribution in [2.45, 2.75) is 0 Å². The second-order valence-corrected chi connectivity index (χ2v) is 5.06. The summed E-state index contributed by atoms with van der Waals surface area (Å²) in [7, 11) is 0. The van der Waals surface area contributed by atoms with Crippen LogP contribution in [0.4, 0.5) is 5.69 Å². The fourth-order valence-electron chi connectivity index (χ4n) is 1.69. The lowest BCUT2D eigenvalue weighted by molar-refractivity contribution is 0.0947. The van der Waals surface area contributed by atoms with Crippen molar-refractivity contribution in [2.75, 3.05) is 18.9 Å². The van der Waals surface area contributed by atoms with E-state index in [-0.39, 0.29) is 21.6 Å². The smallest absolute Gasteiger partial charge is 0.251 e. The Morgan fingerprint density at radius 1 is 1.19 bits per heavy atom. The van der Waals surface area contributed by atoms with E-state index < -0.39 is 0 Å². The maximum atomic E-state index is 11.9. The van der Waals surface area contributed by atoms with Crippen LogP contribution in [0.25, 0.3) is 0 Å². The summed E-state index contributed by atoms with van der Waals surface area (Å²) in [6.45, 7) is 0.737. The van der Waals surface area contributed by atoms with Gasteiger partial charge in [0, 0.05) is 5.56 Å². The zero-order chi connectivity index (χ0) is 15.2. The topological polar surface area (TPSA) is 64.4 Å². The second kappa shape index (κ2) is 7.20. The van der Waals surface area contributed by atoms with Crippen LogP contribution >= 0.6 is 23.2 Å². The number of nitrogens with two attached hydrogens (primary N) is 1. The van der Waals surface area contributed by atoms with Crippen molar-refractivity contribution in [1.82, 2.24) is 5.32 Å². The van der Waals surface area contributed by atoms with Crippen LogP contribution in [0.3, 0.4) is 0 Å². The number of nitrogens with one attached hydrogen (secondary N) is 1. The third-order valence-corrected chi connectivity index (χ3v) is 3.53. The molecule has 2 aromatic rings. The zero-order valence-corrected chi connectivity index (χ0v) is 12.6. The number of rotatable bonds is 5. The van der Waals surface area contributed by atoms with E-state index in [9.17, 15) is 4.79 Å². The summed E-state index contributed by atoms with van der Waals surface area (Å²) in [6, 6.07) is 12.3. The Hall–Kier alpha value is -1.91. The predicted molar refractivity (Wildman–Crippen MR) is 85.1 cm³/mol. The molecule has 4 nitrogen and oxygen atoms in total. The molecule has 0 heterocycles. The van der Waals surface area contributed by atoms with Crippen LogP contribution in [0.15, 0.2) is 42.5 Å². The molecular formula is C15H14Cl2N2O2. The molecule has 2 rings (SSSR count). The van der Waals surface area contributed by atoms with Gasteiger partial charge in [0.1, 0.15) is 12.4 Å². The van der Waals surface area contributed by atoms with Gasteiger partial charge in [-0.15, -0.1) is 0 Å². The van der Waals surface area contributed by atoms with Gasteiger partial charge in [-0.2, -0.15) is 0 Å². The third kappa shape index (κ3) is 4.28. The average molecular weight is 325 g/mol. The molecule has 0 atom stereocenters. The molecule has 0 unspecified atom stereocenters. The minimum atomic E-state index is -0.281. The van der Waals surface area contributed by atoms with Gasteiger partial charge in [0.25, 0.3) is 5.91 Å². The Balaban J connectivity index is 1.85. The largest absolute Gasteiger partial charge is 0.492 e. The number of carbonyl (C=O) groups excluding carboxylic acids is 1. The van der Waals surface area contributed by atoms with Crippen LogP contribution in [0.1, 0.15) is 10.4 Å². The standard InChI is InChI=1S/C15H14Cl2N2O2/c16-12-8-10(9-13(18)14(12)17)15(20)19-6-7-21-11-4-2-1-3-5-11/h1-5,8-9H,6-7,18H2,(H,19,20). The molecule has 21 heavy (non-hydrogen) atoms. The minimum absolute atomic E-state index is 0.251. The van der Waals surface area contributed by atoms with Gasteiger partial charge in [0.05, 0.1) is 22.3 Å². The van der Waals surface area contributed by atoms with E-state index in [1.165, 1.54) is 12.1 Å². The first-order valence-corrected chi connectivity index (χ1v) is 7.04. The lowest BCUT2D eigenvalue weighted by Crippen LogP contribution is -2.28. The highest BCUT2D eigenvalue weighted by atomic mass is 35.5. The van der Waals surface area contributed by atoms with E-state index in [4.69, 9.17) is 33.7 Å². The van der Waals surface area contributed by atoms with Crippen LogP contribution in [0.5, 0.6) is 5.75 Å². The van der Waals surface area contributed by atoms with Gasteiger partial charge >= 0.3 is 0 Å². The first-order chi connectivity index (χ1) is 10.1. The highest BCUT2D eigenvalue weighted by Crippen LogP contribution is 2.29. The second-order valence-electron chi connectivity index (χ2n) is 4.28. The lowest BCUT2D eigenvalue weighted by atomic mass is 10.2. The van der Waals surface area contributed by atoms with E-state index >= 15 is 0 Å². The highest BCUT2D eigenvalue weighted by molar-refractivity contribution is 6.43. The van der Waals surface area contributed by atoms with Gasteiger partial charge in [-0.05, 0) is 24.3 Å². The Labute approximate surface area is 132 Å². The summed E-state index contributed by atoms with van der Waals surface area (Å²) < 4.78 is 5.47. The Kier molecular flexibility index (Phi) is 5.31. The molecule has 0 saturated carbocycles. The maximum absolute atomic E-state index is 11.9. The van der Waals surface area contributed by atoms with Crippen molar-refractivity contribution in [2.24, 2.45) is 0 Å². The van der Waals surface area contributed by atoms with Crippen molar-refractivity contribution >= 4 is 34.8 Å². The van der Waals surface area contributed by atoms with E-state index in [1.807, 2.05) is 30.3 Å².